The number of esters is 1. The summed E-state index contributed by atoms with van der Waals surface area (Å²) in [6.45, 7) is -0.110. The first-order valence-corrected chi connectivity index (χ1v) is 3.91. The van der Waals surface area contributed by atoms with Crippen LogP contribution in [0.4, 0.5) is 0 Å². The molecule has 5 nitrogen and oxygen atoms in total. The lowest BCUT2D eigenvalue weighted by Crippen LogP contribution is -2.26. The zero-order valence-corrected chi connectivity index (χ0v) is 7.76. The summed E-state index contributed by atoms with van der Waals surface area (Å²) in [6.07, 6.45) is 1.44. The molecule has 0 aliphatic heterocycles. The number of aromatic nitrogens is 2. The van der Waals surface area contributed by atoms with E-state index in [0.717, 1.165) is 0 Å². The number of rotatable bonds is 2. The topological polar surface area (TPSA) is 64.1 Å². The Labute approximate surface area is 79.0 Å². The Morgan fingerprint density at radius 2 is 2.46 bits per heavy atom. The van der Waals surface area contributed by atoms with Crippen molar-refractivity contribution in [2.75, 3.05) is 7.11 Å². The summed E-state index contributed by atoms with van der Waals surface area (Å²) < 4.78 is 5.92. The van der Waals surface area contributed by atoms with E-state index in [9.17, 15) is 9.59 Å². The van der Waals surface area contributed by atoms with Crippen molar-refractivity contribution >= 4 is 18.2 Å². The number of hydrogen-bond acceptors (Lipinski definition) is 4. The van der Waals surface area contributed by atoms with E-state index in [1.165, 1.54) is 23.9 Å². The highest BCUT2D eigenvalue weighted by atomic mass is 32.1. The zero-order chi connectivity index (χ0) is 9.84. The van der Waals surface area contributed by atoms with Gasteiger partial charge in [-0.05, 0) is 6.07 Å². The van der Waals surface area contributed by atoms with Crippen molar-refractivity contribution in [2.24, 2.45) is 0 Å². The Bertz CT molecular complexity index is 420. The lowest BCUT2D eigenvalue weighted by molar-refractivity contribution is -0.141. The molecular weight excluding hydrogens is 192 g/mol. The molecule has 0 spiro atoms. The minimum absolute atomic E-state index is 0.110. The highest BCUT2D eigenvalue weighted by molar-refractivity contribution is 7.71. The molecule has 0 unspecified atom stereocenters. The lowest BCUT2D eigenvalue weighted by Gasteiger charge is -2.01. The van der Waals surface area contributed by atoms with Crippen LogP contribution >= 0.6 is 12.2 Å². The van der Waals surface area contributed by atoms with Crippen LogP contribution in [0.3, 0.4) is 0 Å². The molecule has 0 aliphatic carbocycles. The number of nitrogens with one attached hydrogen (secondary N) is 1. The van der Waals surface area contributed by atoms with Crippen LogP contribution in [0.25, 0.3) is 0 Å². The van der Waals surface area contributed by atoms with Crippen LogP contribution in [0.5, 0.6) is 0 Å². The molecule has 1 N–H and O–H groups in total. The maximum atomic E-state index is 11.1. The normalized spacial score (nSPS) is 9.62. The van der Waals surface area contributed by atoms with Gasteiger partial charge in [0, 0.05) is 6.20 Å². The second-order valence-electron chi connectivity index (χ2n) is 2.31. The molecule has 0 bridgehead atoms. The van der Waals surface area contributed by atoms with Crippen LogP contribution in [-0.2, 0) is 16.1 Å². The molecule has 0 saturated carbocycles. The standard InChI is InChI=1S/C7H8N2O3S/c1-12-6(10)4-9-3-2-5(13)8-7(9)11/h2-3H,4H2,1H3,(H,8,11,13). The van der Waals surface area contributed by atoms with Gasteiger partial charge in [-0.1, -0.05) is 12.2 Å². The Balaban J connectivity index is 2.97. The largest absolute Gasteiger partial charge is 0.468 e. The molecule has 70 valence electrons. The van der Waals surface area contributed by atoms with Crippen molar-refractivity contribution in [1.82, 2.24) is 9.55 Å². The van der Waals surface area contributed by atoms with Gasteiger partial charge in [-0.2, -0.15) is 0 Å². The average Bonchev–Trinajstić information content (AvgIpc) is 2.09. The Morgan fingerprint density at radius 3 is 3.00 bits per heavy atom. The first kappa shape index (κ1) is 9.66. The van der Waals surface area contributed by atoms with Crippen molar-refractivity contribution in [3.63, 3.8) is 0 Å². The van der Waals surface area contributed by atoms with Gasteiger partial charge in [-0.25, -0.2) is 4.79 Å². The second-order valence-corrected chi connectivity index (χ2v) is 2.75. The molecule has 6 heteroatoms. The van der Waals surface area contributed by atoms with Gasteiger partial charge in [0.25, 0.3) is 0 Å². The summed E-state index contributed by atoms with van der Waals surface area (Å²) in [5, 5.41) is 0. The van der Waals surface area contributed by atoms with E-state index in [2.05, 4.69) is 9.72 Å². The molecule has 0 atom stereocenters. The second kappa shape index (κ2) is 3.99. The third-order valence-corrected chi connectivity index (χ3v) is 1.66. The van der Waals surface area contributed by atoms with Gasteiger partial charge in [-0.3, -0.25) is 14.3 Å². The molecule has 13 heavy (non-hydrogen) atoms. The number of carbonyl (C=O) groups is 1. The lowest BCUT2D eigenvalue weighted by atomic mass is 10.6. The SMILES string of the molecule is COC(=O)Cn1ccc(=S)[nH]c1=O. The van der Waals surface area contributed by atoms with Crippen LogP contribution in [-0.4, -0.2) is 22.6 Å². The molecule has 0 aliphatic rings. The minimum atomic E-state index is -0.479. The van der Waals surface area contributed by atoms with Crippen LogP contribution in [0.1, 0.15) is 0 Å². The number of aromatic amines is 1. The number of methoxy groups -OCH3 is 1. The molecule has 1 aromatic heterocycles. The third kappa shape index (κ3) is 2.51. The molecule has 0 saturated heterocycles. The Hall–Kier alpha value is -1.43. The van der Waals surface area contributed by atoms with Gasteiger partial charge >= 0.3 is 11.7 Å². The Kier molecular flexibility index (Phi) is 2.97. The van der Waals surface area contributed by atoms with E-state index < -0.39 is 11.7 Å². The summed E-state index contributed by atoms with van der Waals surface area (Å²) in [4.78, 5) is 24.3. The van der Waals surface area contributed by atoms with Gasteiger partial charge in [-0.15, -0.1) is 0 Å². The van der Waals surface area contributed by atoms with Crippen molar-refractivity contribution < 1.29 is 9.53 Å². The van der Waals surface area contributed by atoms with E-state index in [1.807, 2.05) is 0 Å². The predicted molar refractivity (Wildman–Crippen MR) is 47.9 cm³/mol. The molecule has 0 radical (unpaired) electrons. The number of nitrogens with zero attached hydrogens (tertiary/aromatic N) is 1. The summed E-state index contributed by atoms with van der Waals surface area (Å²) in [6, 6.07) is 1.53. The molecular formula is C7H8N2O3S. The summed E-state index contributed by atoms with van der Waals surface area (Å²) in [5.74, 6) is -0.479. The molecule has 1 aromatic rings. The first-order chi connectivity index (χ1) is 6.13. The van der Waals surface area contributed by atoms with E-state index in [0.29, 0.717) is 4.64 Å². The van der Waals surface area contributed by atoms with Crippen LogP contribution in [0.2, 0.25) is 0 Å². The Morgan fingerprint density at radius 1 is 1.77 bits per heavy atom. The fraction of sp³-hybridized carbons (Fsp3) is 0.286. The van der Waals surface area contributed by atoms with Gasteiger partial charge in [0.15, 0.2) is 0 Å². The molecule has 1 heterocycles. The number of hydrogen-bond donors (Lipinski definition) is 1. The fourth-order valence-corrected chi connectivity index (χ4v) is 0.921. The maximum Gasteiger partial charge on any atom is 0.327 e. The van der Waals surface area contributed by atoms with Gasteiger partial charge in [0.05, 0.1) is 7.11 Å². The summed E-state index contributed by atoms with van der Waals surface area (Å²) >= 11 is 4.72. The maximum absolute atomic E-state index is 11.1. The van der Waals surface area contributed by atoms with Crippen LogP contribution in [0, 0.1) is 4.64 Å². The average molecular weight is 200 g/mol. The van der Waals surface area contributed by atoms with Gasteiger partial charge in [0.1, 0.15) is 11.2 Å². The van der Waals surface area contributed by atoms with Crippen molar-refractivity contribution in [1.29, 1.82) is 0 Å². The number of ether oxygens (including phenoxy) is 1. The van der Waals surface area contributed by atoms with E-state index >= 15 is 0 Å². The van der Waals surface area contributed by atoms with Crippen molar-refractivity contribution in [3.05, 3.63) is 27.4 Å². The monoisotopic (exact) mass is 200 g/mol. The highest BCUT2D eigenvalue weighted by Gasteiger charge is 2.02. The van der Waals surface area contributed by atoms with E-state index in [-0.39, 0.29) is 6.54 Å². The molecule has 0 amide bonds. The van der Waals surface area contributed by atoms with Crippen LogP contribution < -0.4 is 5.69 Å². The van der Waals surface area contributed by atoms with Crippen molar-refractivity contribution in [2.45, 2.75) is 6.54 Å². The van der Waals surface area contributed by atoms with Crippen LogP contribution in [0.15, 0.2) is 17.1 Å². The smallest absolute Gasteiger partial charge is 0.327 e. The van der Waals surface area contributed by atoms with E-state index in [1.54, 1.807) is 0 Å². The molecule has 1 rings (SSSR count). The number of carbonyl (C=O) groups excluding carboxylic acids is 1. The molecule has 0 fully saturated rings. The summed E-state index contributed by atoms with van der Waals surface area (Å²) in [7, 11) is 1.26. The quantitative estimate of drug-likeness (QED) is 0.542. The van der Waals surface area contributed by atoms with E-state index in [4.69, 9.17) is 12.2 Å². The predicted octanol–water partition coefficient (Wildman–Crippen LogP) is 0.0789. The fourth-order valence-electron chi connectivity index (χ4n) is 0.772. The minimum Gasteiger partial charge on any atom is -0.468 e. The summed E-state index contributed by atoms with van der Waals surface area (Å²) in [5.41, 5.74) is -0.419. The van der Waals surface area contributed by atoms with Crippen molar-refractivity contribution in [3.8, 4) is 0 Å². The molecule has 0 aromatic carbocycles. The first-order valence-electron chi connectivity index (χ1n) is 3.50. The van der Waals surface area contributed by atoms with Gasteiger partial charge in [0.2, 0.25) is 0 Å². The zero-order valence-electron chi connectivity index (χ0n) is 6.94. The van der Waals surface area contributed by atoms with Gasteiger partial charge < -0.3 is 4.74 Å². The third-order valence-electron chi connectivity index (χ3n) is 1.42. The highest BCUT2D eigenvalue weighted by Crippen LogP contribution is 1.84. The number of H-pyrrole nitrogens is 1.